The van der Waals surface area contributed by atoms with Crippen molar-refractivity contribution in [2.75, 3.05) is 0 Å². The van der Waals surface area contributed by atoms with Crippen molar-refractivity contribution in [3.05, 3.63) is 17.5 Å². The highest BCUT2D eigenvalue weighted by Gasteiger charge is 1.95. The lowest BCUT2D eigenvalue weighted by Gasteiger charge is -1.72. The number of aromatic nitrogens is 1. The molecule has 0 bridgehead atoms. The van der Waals surface area contributed by atoms with Gasteiger partial charge in [0, 0.05) is 6.07 Å². The van der Waals surface area contributed by atoms with E-state index in [0.29, 0.717) is 11.5 Å². The van der Waals surface area contributed by atoms with Gasteiger partial charge in [0.2, 0.25) is 0 Å². The van der Waals surface area contributed by atoms with Gasteiger partial charge in [-0.15, -0.1) is 0 Å². The van der Waals surface area contributed by atoms with Crippen molar-refractivity contribution in [2.45, 2.75) is 13.5 Å². The van der Waals surface area contributed by atoms with Crippen molar-refractivity contribution in [2.24, 2.45) is 0 Å². The Balaban J connectivity index is 2.84. The minimum atomic E-state index is -0.294. The lowest BCUT2D eigenvalue weighted by molar-refractivity contribution is 0.169. The maximum atomic E-state index is 10.0. The highest BCUT2D eigenvalue weighted by Crippen LogP contribution is 1.99. The average molecular weight is 112 g/mol. The molecule has 0 saturated heterocycles. The molecule has 0 amide bonds. The zero-order chi connectivity index (χ0) is 5.98. The minimum absolute atomic E-state index is 0.294. The standard InChI is InChI=1S/C5H6NO2/c1-4-2-5(3-7)6-8-4/h2H,3H2,1H3. The van der Waals surface area contributed by atoms with E-state index in [1.807, 2.05) is 0 Å². The van der Waals surface area contributed by atoms with Gasteiger partial charge in [0.15, 0.2) is 0 Å². The molecule has 1 radical (unpaired) electrons. The largest absolute Gasteiger partial charge is 0.361 e. The smallest absolute Gasteiger partial charge is 0.134 e. The average Bonchev–Trinajstić information content (AvgIpc) is 2.14. The lowest BCUT2D eigenvalue weighted by atomic mass is 10.4. The summed E-state index contributed by atoms with van der Waals surface area (Å²) in [6.07, 6.45) is 0. The number of hydrogen-bond donors (Lipinski definition) is 0. The van der Waals surface area contributed by atoms with Crippen LogP contribution in [-0.4, -0.2) is 5.16 Å². The van der Waals surface area contributed by atoms with E-state index in [2.05, 4.69) is 9.68 Å². The second kappa shape index (κ2) is 1.96. The monoisotopic (exact) mass is 112 g/mol. The van der Waals surface area contributed by atoms with Gasteiger partial charge >= 0.3 is 0 Å². The fourth-order valence-electron chi connectivity index (χ4n) is 0.486. The Morgan fingerprint density at radius 1 is 1.88 bits per heavy atom. The molecule has 1 rings (SSSR count). The third-order valence-corrected chi connectivity index (χ3v) is 0.825. The van der Waals surface area contributed by atoms with E-state index in [0.717, 1.165) is 0 Å². The second-order valence-electron chi connectivity index (χ2n) is 1.57. The maximum Gasteiger partial charge on any atom is 0.134 e. The molecule has 43 valence electrons. The molecule has 0 aliphatic carbocycles. The Morgan fingerprint density at radius 3 is 2.88 bits per heavy atom. The van der Waals surface area contributed by atoms with Gasteiger partial charge in [-0.1, -0.05) is 5.16 Å². The summed E-state index contributed by atoms with van der Waals surface area (Å²) in [5, 5.41) is 13.5. The van der Waals surface area contributed by atoms with Gasteiger partial charge in [-0.05, 0) is 6.92 Å². The molecule has 1 heterocycles. The molecule has 0 spiro atoms. The fourth-order valence-corrected chi connectivity index (χ4v) is 0.486. The van der Waals surface area contributed by atoms with Crippen molar-refractivity contribution >= 4 is 0 Å². The van der Waals surface area contributed by atoms with Gasteiger partial charge in [-0.25, -0.2) is 5.11 Å². The highest BCUT2D eigenvalue weighted by molar-refractivity contribution is 5.01. The van der Waals surface area contributed by atoms with Crippen molar-refractivity contribution in [3.8, 4) is 0 Å². The minimum Gasteiger partial charge on any atom is -0.361 e. The van der Waals surface area contributed by atoms with E-state index in [9.17, 15) is 5.11 Å². The van der Waals surface area contributed by atoms with E-state index < -0.39 is 0 Å². The van der Waals surface area contributed by atoms with Gasteiger partial charge in [-0.2, -0.15) is 0 Å². The highest BCUT2D eigenvalue weighted by atomic mass is 16.5. The first-order valence-corrected chi connectivity index (χ1v) is 2.33. The van der Waals surface area contributed by atoms with E-state index in [4.69, 9.17) is 0 Å². The zero-order valence-corrected chi connectivity index (χ0v) is 4.55. The second-order valence-corrected chi connectivity index (χ2v) is 1.57. The Bertz CT molecular complexity index is 171. The molecule has 8 heavy (non-hydrogen) atoms. The molecule has 0 saturated carbocycles. The first-order valence-electron chi connectivity index (χ1n) is 2.33. The Hall–Kier alpha value is -0.830. The number of aryl methyl sites for hydroxylation is 1. The normalized spacial score (nSPS) is 9.75. The molecule has 1 aromatic rings. The molecule has 0 atom stereocenters. The number of rotatable bonds is 1. The van der Waals surface area contributed by atoms with Gasteiger partial charge in [0.25, 0.3) is 0 Å². The van der Waals surface area contributed by atoms with Crippen LogP contribution in [0.25, 0.3) is 0 Å². The summed E-state index contributed by atoms with van der Waals surface area (Å²) >= 11 is 0. The van der Waals surface area contributed by atoms with Gasteiger partial charge < -0.3 is 4.52 Å². The summed E-state index contributed by atoms with van der Waals surface area (Å²) in [6.45, 7) is 1.46. The predicted octanol–water partition coefficient (Wildman–Crippen LogP) is 0.914. The molecular weight excluding hydrogens is 106 g/mol. The molecule has 0 N–H and O–H groups in total. The zero-order valence-electron chi connectivity index (χ0n) is 4.55. The summed E-state index contributed by atoms with van der Waals surface area (Å²) in [6, 6.07) is 1.63. The molecule has 0 aliphatic heterocycles. The lowest BCUT2D eigenvalue weighted by Crippen LogP contribution is -1.75. The topological polar surface area (TPSA) is 45.9 Å². The van der Waals surface area contributed by atoms with Crippen LogP contribution in [0.4, 0.5) is 0 Å². The fraction of sp³-hybridized carbons (Fsp3) is 0.400. The van der Waals surface area contributed by atoms with Crippen LogP contribution in [0.5, 0.6) is 0 Å². The molecule has 0 fully saturated rings. The molecule has 0 aliphatic rings. The van der Waals surface area contributed by atoms with Crippen LogP contribution in [0.3, 0.4) is 0 Å². The van der Waals surface area contributed by atoms with Crippen LogP contribution in [0.15, 0.2) is 10.6 Å². The van der Waals surface area contributed by atoms with Crippen molar-refractivity contribution in [1.29, 1.82) is 0 Å². The van der Waals surface area contributed by atoms with Gasteiger partial charge in [0.05, 0.1) is 0 Å². The Morgan fingerprint density at radius 2 is 2.62 bits per heavy atom. The third-order valence-electron chi connectivity index (χ3n) is 0.825. The van der Waals surface area contributed by atoms with Crippen LogP contribution in [0.2, 0.25) is 0 Å². The van der Waals surface area contributed by atoms with E-state index in [1.54, 1.807) is 13.0 Å². The summed E-state index contributed by atoms with van der Waals surface area (Å²) in [4.78, 5) is 0. The quantitative estimate of drug-likeness (QED) is 0.542. The van der Waals surface area contributed by atoms with Crippen molar-refractivity contribution in [1.82, 2.24) is 5.16 Å². The summed E-state index contributed by atoms with van der Waals surface area (Å²) in [5.74, 6) is 0.691. The summed E-state index contributed by atoms with van der Waals surface area (Å²) < 4.78 is 4.61. The SMILES string of the molecule is Cc1cc(C[O])no1. The van der Waals surface area contributed by atoms with Crippen LogP contribution < -0.4 is 0 Å². The van der Waals surface area contributed by atoms with E-state index >= 15 is 0 Å². The third kappa shape index (κ3) is 0.869. The van der Waals surface area contributed by atoms with Crippen LogP contribution in [-0.2, 0) is 11.7 Å². The molecule has 0 aromatic carbocycles. The first-order chi connectivity index (χ1) is 3.83. The Labute approximate surface area is 46.9 Å². The van der Waals surface area contributed by atoms with Crippen LogP contribution in [0, 0.1) is 6.92 Å². The molecule has 3 nitrogen and oxygen atoms in total. The predicted molar refractivity (Wildman–Crippen MR) is 25.6 cm³/mol. The van der Waals surface area contributed by atoms with Crippen molar-refractivity contribution in [3.63, 3.8) is 0 Å². The molecule has 0 unspecified atom stereocenters. The van der Waals surface area contributed by atoms with Crippen molar-refractivity contribution < 1.29 is 9.63 Å². The van der Waals surface area contributed by atoms with Gasteiger partial charge in [0.1, 0.15) is 18.1 Å². The molecular formula is C5H6NO2. The number of nitrogens with zero attached hydrogens (tertiary/aromatic N) is 1. The first kappa shape index (κ1) is 5.31. The molecule has 3 heteroatoms. The Kier molecular flexibility index (Phi) is 1.30. The molecule has 1 aromatic heterocycles. The van der Waals surface area contributed by atoms with E-state index in [1.165, 1.54) is 0 Å². The van der Waals surface area contributed by atoms with Gasteiger partial charge in [-0.3, -0.25) is 0 Å². The number of hydrogen-bond acceptors (Lipinski definition) is 2. The van der Waals surface area contributed by atoms with Crippen LogP contribution >= 0.6 is 0 Å². The maximum absolute atomic E-state index is 10.0. The van der Waals surface area contributed by atoms with Crippen LogP contribution in [0.1, 0.15) is 11.5 Å². The summed E-state index contributed by atoms with van der Waals surface area (Å²) in [7, 11) is 0. The summed E-state index contributed by atoms with van der Waals surface area (Å²) in [5.41, 5.74) is 0.475. The van der Waals surface area contributed by atoms with E-state index in [-0.39, 0.29) is 6.61 Å².